The van der Waals surface area contributed by atoms with Crippen molar-refractivity contribution in [1.82, 2.24) is 24.1 Å². The molecule has 76 heavy (non-hydrogen) atoms. The number of hydrogen-bond acceptors (Lipinski definition) is 4. The lowest BCUT2D eigenvalue weighted by Gasteiger charge is -2.39. The van der Waals surface area contributed by atoms with Crippen LogP contribution in [0, 0.1) is 0 Å². The van der Waals surface area contributed by atoms with Crippen LogP contribution in [0.15, 0.2) is 261 Å². The third-order valence-electron chi connectivity index (χ3n) is 15.8. The van der Waals surface area contributed by atoms with E-state index >= 15 is 0 Å². The largest absolute Gasteiger partial charge is 0.457 e. The van der Waals surface area contributed by atoms with E-state index in [2.05, 4.69) is 234 Å². The normalized spacial score (nSPS) is 12.9. The minimum absolute atomic E-state index is 0.603. The van der Waals surface area contributed by atoms with Gasteiger partial charge in [-0.15, -0.1) is 0 Å². The number of hydrogen-bond donors (Lipinski definition) is 0. The fourth-order valence-electron chi connectivity index (χ4n) is 12.8. The summed E-state index contributed by atoms with van der Waals surface area (Å²) in [7, 11) is 0. The maximum absolute atomic E-state index is 6.85. The first kappa shape index (κ1) is 42.3. The van der Waals surface area contributed by atoms with Crippen LogP contribution in [0.25, 0.3) is 111 Å². The van der Waals surface area contributed by atoms with Crippen molar-refractivity contribution in [2.75, 3.05) is 0 Å². The van der Waals surface area contributed by atoms with E-state index in [1.165, 1.54) is 27.1 Å². The minimum atomic E-state index is -0.758. The highest BCUT2D eigenvalue weighted by molar-refractivity contribution is 6.27. The Morgan fingerprint density at radius 2 is 0.829 bits per heavy atom. The van der Waals surface area contributed by atoms with Crippen LogP contribution in [0.5, 0.6) is 11.5 Å². The Kier molecular flexibility index (Phi) is 9.15. The number of benzene rings is 11. The molecular formula is C70H43N5O. The monoisotopic (exact) mass is 969 g/mol. The van der Waals surface area contributed by atoms with E-state index in [0.717, 1.165) is 101 Å². The molecule has 354 valence electrons. The molecule has 11 aromatic carbocycles. The zero-order valence-corrected chi connectivity index (χ0v) is 41.0. The second-order valence-electron chi connectivity index (χ2n) is 19.8. The first-order valence-electron chi connectivity index (χ1n) is 25.9. The summed E-state index contributed by atoms with van der Waals surface area (Å²) < 4.78 is 11.8. The molecule has 1 spiro atoms. The van der Waals surface area contributed by atoms with Crippen LogP contribution >= 0.6 is 0 Å². The van der Waals surface area contributed by atoms with Crippen molar-refractivity contribution in [2.45, 2.75) is 5.41 Å². The summed E-state index contributed by atoms with van der Waals surface area (Å²) in [6.45, 7) is 0. The maximum atomic E-state index is 6.85. The molecule has 0 unspecified atom stereocenters. The molecule has 0 atom stereocenters. The minimum Gasteiger partial charge on any atom is -0.457 e. The fourth-order valence-corrected chi connectivity index (χ4v) is 12.8. The van der Waals surface area contributed by atoms with Crippen LogP contribution in [-0.2, 0) is 5.41 Å². The maximum Gasteiger partial charge on any atom is 0.164 e. The number of nitrogens with zero attached hydrogens (tertiary/aromatic N) is 5. The quantitative estimate of drug-likeness (QED) is 0.167. The smallest absolute Gasteiger partial charge is 0.164 e. The number of para-hydroxylation sites is 6. The predicted molar refractivity (Wildman–Crippen MR) is 308 cm³/mol. The molecule has 0 fully saturated rings. The van der Waals surface area contributed by atoms with E-state index in [1.54, 1.807) is 0 Å². The van der Waals surface area contributed by atoms with Crippen molar-refractivity contribution >= 4 is 43.6 Å². The molecule has 1 aliphatic carbocycles. The molecule has 2 aliphatic rings. The van der Waals surface area contributed by atoms with E-state index in [9.17, 15) is 0 Å². The Balaban J connectivity index is 1.07. The lowest BCUT2D eigenvalue weighted by molar-refractivity contribution is 0.436. The Bertz CT molecular complexity index is 4550. The van der Waals surface area contributed by atoms with Gasteiger partial charge in [0, 0.05) is 66.3 Å². The van der Waals surface area contributed by atoms with Gasteiger partial charge in [0.05, 0.1) is 27.5 Å². The summed E-state index contributed by atoms with van der Waals surface area (Å²) in [5, 5.41) is 4.74. The van der Waals surface area contributed by atoms with E-state index in [4.69, 9.17) is 19.7 Å². The van der Waals surface area contributed by atoms with Crippen LogP contribution in [0.3, 0.4) is 0 Å². The molecule has 1 aliphatic heterocycles. The molecule has 0 amide bonds. The van der Waals surface area contributed by atoms with Gasteiger partial charge in [0.25, 0.3) is 0 Å². The van der Waals surface area contributed by atoms with Gasteiger partial charge in [-0.05, 0) is 88.5 Å². The SMILES string of the molecule is c1ccc(-c2nc(-c3ccccc3)nc(-c3cccc4c3-c3cc(-c5c6c7ccccc7n(-c7ccccc7)c6cc6c7ccccc7n(-c7ccccc7)c56)ccc3C43c4ccccc4Oc4ccccc43)n2)cc1. The predicted octanol–water partition coefficient (Wildman–Crippen LogP) is 17.2. The number of aromatic nitrogens is 5. The summed E-state index contributed by atoms with van der Waals surface area (Å²) in [4.78, 5) is 16.0. The highest BCUT2D eigenvalue weighted by atomic mass is 16.5. The molecule has 16 rings (SSSR count). The fraction of sp³-hybridized carbons (Fsp3) is 0.0143. The summed E-state index contributed by atoms with van der Waals surface area (Å²) in [6.07, 6.45) is 0. The van der Waals surface area contributed by atoms with Gasteiger partial charge in [-0.25, -0.2) is 15.0 Å². The van der Waals surface area contributed by atoms with Crippen molar-refractivity contribution in [3.63, 3.8) is 0 Å². The molecule has 6 nitrogen and oxygen atoms in total. The third-order valence-corrected chi connectivity index (χ3v) is 15.8. The van der Waals surface area contributed by atoms with Crippen molar-refractivity contribution in [2.24, 2.45) is 0 Å². The summed E-state index contributed by atoms with van der Waals surface area (Å²) in [5.74, 6) is 3.50. The molecule has 0 bridgehead atoms. The topological polar surface area (TPSA) is 57.8 Å². The van der Waals surface area contributed by atoms with Gasteiger partial charge < -0.3 is 13.9 Å². The van der Waals surface area contributed by atoms with Crippen LogP contribution in [-0.4, -0.2) is 24.1 Å². The van der Waals surface area contributed by atoms with E-state index < -0.39 is 5.41 Å². The van der Waals surface area contributed by atoms with Crippen molar-refractivity contribution in [3.05, 3.63) is 283 Å². The standard InChI is InChI=1S/C70H43N5O/c1-5-22-44(23-6-1)67-71-68(45-24-7-2-8-25-45)73-69(72-67)51-32-21-35-57-64(51)53-42-46(40-41-54(53)70(57)55-33-15-19-38-61(55)76-62-39-20-16-34-56(62)70)63-65-50-31-14-18-37-59(50)74(47-26-9-3-10-27-47)60(65)43-52-49-30-13-17-36-58(49)75(66(52)63)48-28-11-4-12-29-48/h1-43H. The Labute approximate surface area is 438 Å². The van der Waals surface area contributed by atoms with Gasteiger partial charge in [0.1, 0.15) is 11.5 Å². The zero-order chi connectivity index (χ0) is 49.9. The van der Waals surface area contributed by atoms with Crippen molar-refractivity contribution in [1.29, 1.82) is 0 Å². The van der Waals surface area contributed by atoms with Gasteiger partial charge in [-0.1, -0.05) is 200 Å². The second-order valence-corrected chi connectivity index (χ2v) is 19.8. The van der Waals surface area contributed by atoms with Crippen molar-refractivity contribution in [3.8, 4) is 79.3 Å². The molecule has 3 aromatic heterocycles. The zero-order valence-electron chi connectivity index (χ0n) is 41.0. The molecule has 4 heterocycles. The van der Waals surface area contributed by atoms with E-state index in [-0.39, 0.29) is 0 Å². The van der Waals surface area contributed by atoms with Crippen LogP contribution in [0.4, 0.5) is 0 Å². The number of rotatable bonds is 6. The third kappa shape index (κ3) is 6.01. The van der Waals surface area contributed by atoms with E-state index in [1.807, 2.05) is 36.4 Å². The first-order valence-corrected chi connectivity index (χ1v) is 25.9. The summed E-state index contributed by atoms with van der Waals surface area (Å²) >= 11 is 0. The van der Waals surface area contributed by atoms with Gasteiger partial charge >= 0.3 is 0 Å². The van der Waals surface area contributed by atoms with E-state index in [0.29, 0.717) is 17.5 Å². The molecule has 0 N–H and O–H groups in total. The molecule has 6 heteroatoms. The highest BCUT2D eigenvalue weighted by Crippen LogP contribution is 2.64. The van der Waals surface area contributed by atoms with Crippen LogP contribution in [0.2, 0.25) is 0 Å². The molecule has 0 saturated carbocycles. The summed E-state index contributed by atoms with van der Waals surface area (Å²) in [5.41, 5.74) is 17.7. The Morgan fingerprint density at radius 1 is 0.316 bits per heavy atom. The summed E-state index contributed by atoms with van der Waals surface area (Å²) in [6, 6.07) is 93.4. The van der Waals surface area contributed by atoms with Gasteiger partial charge in [-0.2, -0.15) is 0 Å². The highest BCUT2D eigenvalue weighted by Gasteiger charge is 2.52. The lowest BCUT2D eigenvalue weighted by Crippen LogP contribution is -2.32. The number of fused-ring (bicyclic) bond motifs is 15. The first-order chi connectivity index (χ1) is 37.7. The van der Waals surface area contributed by atoms with Gasteiger partial charge in [0.2, 0.25) is 0 Å². The van der Waals surface area contributed by atoms with Gasteiger partial charge in [0.15, 0.2) is 17.5 Å². The van der Waals surface area contributed by atoms with Crippen LogP contribution < -0.4 is 4.74 Å². The second kappa shape index (κ2) is 16.4. The number of ether oxygens (including phenoxy) is 1. The Morgan fingerprint density at radius 3 is 1.47 bits per heavy atom. The Hall–Kier alpha value is -10.2. The van der Waals surface area contributed by atoms with Crippen LogP contribution in [0.1, 0.15) is 22.3 Å². The average Bonchev–Trinajstić information content (AvgIpc) is 4.10. The van der Waals surface area contributed by atoms with Gasteiger partial charge in [-0.3, -0.25) is 0 Å². The van der Waals surface area contributed by atoms with Crippen molar-refractivity contribution < 1.29 is 4.74 Å². The lowest BCUT2D eigenvalue weighted by atomic mass is 9.66. The molecule has 14 aromatic rings. The average molecular weight is 970 g/mol. The molecular weight excluding hydrogens is 927 g/mol. The molecule has 0 saturated heterocycles. The molecule has 0 radical (unpaired) electrons.